The SMILES string of the molecule is Cc1cccc(N(Cc2ccccc2)C(=O)CN2C(=O)NC3(CCC(C)CC3)C2=O)c1. The summed E-state index contributed by atoms with van der Waals surface area (Å²) < 4.78 is 0. The van der Waals surface area contributed by atoms with Crippen LogP contribution in [0.1, 0.15) is 43.7 Å². The number of urea groups is 1. The van der Waals surface area contributed by atoms with Gasteiger partial charge in [0.2, 0.25) is 5.91 Å². The molecule has 6 heteroatoms. The Morgan fingerprint density at radius 3 is 2.48 bits per heavy atom. The molecule has 2 aromatic carbocycles. The number of amides is 4. The third-order valence-corrected chi connectivity index (χ3v) is 6.46. The highest BCUT2D eigenvalue weighted by Gasteiger charge is 2.52. The second kappa shape index (κ2) is 8.53. The van der Waals surface area contributed by atoms with E-state index < -0.39 is 11.6 Å². The van der Waals surface area contributed by atoms with E-state index in [0.717, 1.165) is 34.6 Å². The number of anilines is 1. The van der Waals surface area contributed by atoms with E-state index in [1.807, 2.05) is 61.5 Å². The Labute approximate surface area is 183 Å². The number of rotatable bonds is 5. The first-order chi connectivity index (χ1) is 14.9. The van der Waals surface area contributed by atoms with Crippen molar-refractivity contribution in [1.29, 1.82) is 0 Å². The van der Waals surface area contributed by atoms with Gasteiger partial charge in [0, 0.05) is 5.69 Å². The number of nitrogens with one attached hydrogen (secondary N) is 1. The normalized spacial score (nSPS) is 23.2. The fourth-order valence-corrected chi connectivity index (χ4v) is 4.52. The molecule has 1 heterocycles. The first kappa shape index (κ1) is 21.1. The first-order valence-electron chi connectivity index (χ1n) is 10.9. The van der Waals surface area contributed by atoms with Crippen LogP contribution in [0.3, 0.4) is 0 Å². The lowest BCUT2D eigenvalue weighted by molar-refractivity contribution is -0.135. The van der Waals surface area contributed by atoms with Crippen molar-refractivity contribution in [3.63, 3.8) is 0 Å². The molecule has 162 valence electrons. The van der Waals surface area contributed by atoms with Gasteiger partial charge in [0.15, 0.2) is 0 Å². The van der Waals surface area contributed by atoms with Crippen LogP contribution in [0.25, 0.3) is 0 Å². The molecule has 4 rings (SSSR count). The van der Waals surface area contributed by atoms with Gasteiger partial charge in [-0.15, -0.1) is 0 Å². The molecule has 1 aliphatic carbocycles. The summed E-state index contributed by atoms with van der Waals surface area (Å²) >= 11 is 0. The molecule has 0 atom stereocenters. The summed E-state index contributed by atoms with van der Waals surface area (Å²) in [5.41, 5.74) is 1.93. The van der Waals surface area contributed by atoms with Crippen molar-refractivity contribution in [2.75, 3.05) is 11.4 Å². The van der Waals surface area contributed by atoms with Crippen molar-refractivity contribution >= 4 is 23.5 Å². The highest BCUT2D eigenvalue weighted by atomic mass is 16.2. The van der Waals surface area contributed by atoms with E-state index in [-0.39, 0.29) is 18.4 Å². The third kappa shape index (κ3) is 4.33. The van der Waals surface area contributed by atoms with E-state index in [1.165, 1.54) is 0 Å². The highest BCUT2D eigenvalue weighted by Crippen LogP contribution is 2.36. The van der Waals surface area contributed by atoms with Gasteiger partial charge < -0.3 is 10.2 Å². The third-order valence-electron chi connectivity index (χ3n) is 6.46. The van der Waals surface area contributed by atoms with Gasteiger partial charge in [-0.2, -0.15) is 0 Å². The van der Waals surface area contributed by atoms with E-state index in [0.29, 0.717) is 25.3 Å². The Bertz CT molecular complexity index is 981. The summed E-state index contributed by atoms with van der Waals surface area (Å²) in [6, 6.07) is 16.9. The van der Waals surface area contributed by atoms with E-state index in [9.17, 15) is 14.4 Å². The van der Waals surface area contributed by atoms with Crippen molar-refractivity contribution in [1.82, 2.24) is 10.2 Å². The average molecular weight is 420 g/mol. The topological polar surface area (TPSA) is 69.7 Å². The minimum absolute atomic E-state index is 0.261. The second-order valence-electron chi connectivity index (χ2n) is 8.89. The highest BCUT2D eigenvalue weighted by molar-refractivity contribution is 6.10. The lowest BCUT2D eigenvalue weighted by atomic mass is 9.77. The van der Waals surface area contributed by atoms with E-state index in [1.54, 1.807) is 4.90 Å². The lowest BCUT2D eigenvalue weighted by Gasteiger charge is -2.33. The number of benzene rings is 2. The maximum Gasteiger partial charge on any atom is 0.325 e. The van der Waals surface area contributed by atoms with Crippen LogP contribution in [-0.2, 0) is 16.1 Å². The summed E-state index contributed by atoms with van der Waals surface area (Å²) in [6.07, 6.45) is 3.07. The standard InChI is InChI=1S/C25H29N3O3/c1-18-11-13-25(14-12-18)23(30)28(24(31)26-25)17-22(29)27(16-20-8-4-3-5-9-20)21-10-6-7-19(2)15-21/h3-10,15,18H,11-14,16-17H2,1-2H3,(H,26,31). The Balaban J connectivity index is 1.56. The molecule has 1 saturated heterocycles. The Kier molecular flexibility index (Phi) is 5.81. The van der Waals surface area contributed by atoms with Crippen LogP contribution >= 0.6 is 0 Å². The number of carbonyl (C=O) groups excluding carboxylic acids is 3. The summed E-state index contributed by atoms with van der Waals surface area (Å²) in [5, 5.41) is 2.90. The molecular formula is C25H29N3O3. The van der Waals surface area contributed by atoms with Gasteiger partial charge >= 0.3 is 6.03 Å². The molecule has 0 bridgehead atoms. The maximum absolute atomic E-state index is 13.4. The molecule has 1 aliphatic heterocycles. The lowest BCUT2D eigenvalue weighted by Crippen LogP contribution is -2.50. The maximum atomic E-state index is 13.4. The second-order valence-corrected chi connectivity index (χ2v) is 8.89. The molecule has 6 nitrogen and oxygen atoms in total. The monoisotopic (exact) mass is 419 g/mol. The molecule has 4 amide bonds. The van der Waals surface area contributed by atoms with Gasteiger partial charge in [-0.25, -0.2) is 4.79 Å². The molecule has 0 aromatic heterocycles. The molecule has 2 aromatic rings. The van der Waals surface area contributed by atoms with Crippen molar-refractivity contribution in [3.05, 3.63) is 65.7 Å². The fraction of sp³-hybridized carbons (Fsp3) is 0.400. The van der Waals surface area contributed by atoms with Gasteiger partial charge in [-0.3, -0.25) is 14.5 Å². The van der Waals surface area contributed by atoms with Crippen LogP contribution < -0.4 is 10.2 Å². The average Bonchev–Trinajstić information content (AvgIpc) is 2.99. The number of nitrogens with zero attached hydrogens (tertiary/aromatic N) is 2. The van der Waals surface area contributed by atoms with Gasteiger partial charge in [-0.05, 0) is 61.8 Å². The quantitative estimate of drug-likeness (QED) is 0.744. The van der Waals surface area contributed by atoms with Crippen molar-refractivity contribution in [2.45, 2.75) is 51.6 Å². The van der Waals surface area contributed by atoms with E-state index in [4.69, 9.17) is 0 Å². The smallest absolute Gasteiger partial charge is 0.323 e. The molecule has 2 fully saturated rings. The van der Waals surface area contributed by atoms with Gasteiger partial charge in [0.1, 0.15) is 12.1 Å². The predicted molar refractivity (Wildman–Crippen MR) is 119 cm³/mol. The van der Waals surface area contributed by atoms with E-state index >= 15 is 0 Å². The Morgan fingerprint density at radius 2 is 1.81 bits per heavy atom. The van der Waals surface area contributed by atoms with Gasteiger partial charge in [0.25, 0.3) is 5.91 Å². The zero-order chi connectivity index (χ0) is 22.0. The van der Waals surface area contributed by atoms with Crippen LogP contribution in [0.2, 0.25) is 0 Å². The minimum atomic E-state index is -0.836. The van der Waals surface area contributed by atoms with Crippen molar-refractivity contribution in [2.24, 2.45) is 5.92 Å². The van der Waals surface area contributed by atoms with Crippen LogP contribution in [0.4, 0.5) is 10.5 Å². The summed E-state index contributed by atoms with van der Waals surface area (Å²) in [4.78, 5) is 42.0. The van der Waals surface area contributed by atoms with Crippen LogP contribution in [0.5, 0.6) is 0 Å². The molecule has 1 N–H and O–H groups in total. The number of aryl methyl sites for hydroxylation is 1. The van der Waals surface area contributed by atoms with Crippen LogP contribution in [0.15, 0.2) is 54.6 Å². The summed E-state index contributed by atoms with van der Waals surface area (Å²) in [5.74, 6) is 0.00882. The zero-order valence-corrected chi connectivity index (χ0v) is 18.1. The largest absolute Gasteiger partial charge is 0.325 e. The predicted octanol–water partition coefficient (Wildman–Crippen LogP) is 4.03. The van der Waals surface area contributed by atoms with Crippen molar-refractivity contribution in [3.8, 4) is 0 Å². The molecule has 0 radical (unpaired) electrons. The molecule has 0 unspecified atom stereocenters. The molecule has 1 saturated carbocycles. The Morgan fingerprint density at radius 1 is 1.10 bits per heavy atom. The fourth-order valence-electron chi connectivity index (χ4n) is 4.52. The molecule has 31 heavy (non-hydrogen) atoms. The first-order valence-corrected chi connectivity index (χ1v) is 10.9. The molecule has 2 aliphatic rings. The van der Waals surface area contributed by atoms with Crippen LogP contribution in [-0.4, -0.2) is 34.8 Å². The summed E-state index contributed by atoms with van der Waals surface area (Å²) in [6.45, 7) is 4.25. The minimum Gasteiger partial charge on any atom is -0.323 e. The Hall–Kier alpha value is -3.15. The number of carbonyl (C=O) groups is 3. The van der Waals surface area contributed by atoms with Crippen LogP contribution in [0, 0.1) is 12.8 Å². The van der Waals surface area contributed by atoms with Gasteiger partial charge in [0.05, 0.1) is 6.54 Å². The molecular weight excluding hydrogens is 390 g/mol. The van der Waals surface area contributed by atoms with Crippen molar-refractivity contribution < 1.29 is 14.4 Å². The number of hydrogen-bond acceptors (Lipinski definition) is 3. The number of hydrogen-bond donors (Lipinski definition) is 1. The van der Waals surface area contributed by atoms with Gasteiger partial charge in [-0.1, -0.05) is 49.4 Å². The molecule has 1 spiro atoms. The zero-order valence-electron chi connectivity index (χ0n) is 18.1. The summed E-state index contributed by atoms with van der Waals surface area (Å²) in [7, 11) is 0. The van der Waals surface area contributed by atoms with E-state index in [2.05, 4.69) is 12.2 Å². The number of imide groups is 1.